The normalized spacial score (nSPS) is 20.3. The fourth-order valence-electron chi connectivity index (χ4n) is 1.63. The van der Waals surface area contributed by atoms with Gasteiger partial charge in [-0.3, -0.25) is 0 Å². The second-order valence-electron chi connectivity index (χ2n) is 3.40. The average molecular weight is 207 g/mol. The van der Waals surface area contributed by atoms with Gasteiger partial charge in [0.25, 0.3) is 0 Å². The Morgan fingerprint density at radius 2 is 2.40 bits per heavy atom. The molecular weight excluding hydrogens is 194 g/mol. The molecule has 4 heteroatoms. The number of carbonyl (C=O) groups excluding carboxylic acids is 1. The summed E-state index contributed by atoms with van der Waals surface area (Å²) in [6.07, 6.45) is 0.438. The Morgan fingerprint density at radius 1 is 1.53 bits per heavy atom. The minimum atomic E-state index is -0.353. The van der Waals surface area contributed by atoms with Crippen LogP contribution in [-0.2, 0) is 4.74 Å². The van der Waals surface area contributed by atoms with Gasteiger partial charge in [-0.15, -0.1) is 0 Å². The molecule has 1 unspecified atom stereocenters. The first kappa shape index (κ1) is 9.83. The van der Waals surface area contributed by atoms with Crippen LogP contribution in [0.25, 0.3) is 0 Å². The Morgan fingerprint density at radius 3 is 3.13 bits per heavy atom. The van der Waals surface area contributed by atoms with Crippen LogP contribution >= 0.6 is 0 Å². The number of rotatable bonds is 2. The number of methoxy groups -OCH3 is 1. The summed E-state index contributed by atoms with van der Waals surface area (Å²) >= 11 is 0. The topological polar surface area (TPSA) is 47.6 Å². The van der Waals surface area contributed by atoms with E-state index in [2.05, 4.69) is 5.32 Å². The maximum absolute atomic E-state index is 11.0. The molecule has 80 valence electrons. The van der Waals surface area contributed by atoms with Gasteiger partial charge in [0.15, 0.2) is 0 Å². The lowest BCUT2D eigenvalue weighted by Crippen LogP contribution is -2.35. The number of nitrogens with one attached hydrogen (secondary N) is 1. The second-order valence-corrected chi connectivity index (χ2v) is 3.40. The molecular formula is C11H13NO3. The smallest absolute Gasteiger partial charge is 0.407 e. The van der Waals surface area contributed by atoms with Crippen molar-refractivity contribution in [1.29, 1.82) is 0 Å². The van der Waals surface area contributed by atoms with Gasteiger partial charge in [-0.25, -0.2) is 4.79 Å². The molecule has 1 aromatic carbocycles. The van der Waals surface area contributed by atoms with Gasteiger partial charge in [0.2, 0.25) is 0 Å². The van der Waals surface area contributed by atoms with E-state index in [1.807, 2.05) is 24.3 Å². The highest BCUT2D eigenvalue weighted by molar-refractivity contribution is 5.68. The highest BCUT2D eigenvalue weighted by Gasteiger charge is 2.20. The van der Waals surface area contributed by atoms with Crippen molar-refractivity contribution in [1.82, 2.24) is 5.32 Å². The molecule has 4 nitrogen and oxygen atoms in total. The van der Waals surface area contributed by atoms with Crippen molar-refractivity contribution in [2.75, 3.05) is 13.7 Å². The molecule has 1 heterocycles. The molecule has 0 spiro atoms. The first-order chi connectivity index (χ1) is 7.29. The third kappa shape index (κ3) is 2.21. The number of carbonyl (C=O) groups is 1. The Kier molecular flexibility index (Phi) is 2.76. The largest absolute Gasteiger partial charge is 0.497 e. The van der Waals surface area contributed by atoms with Crippen LogP contribution < -0.4 is 10.1 Å². The van der Waals surface area contributed by atoms with Crippen molar-refractivity contribution in [2.45, 2.75) is 12.5 Å². The second kappa shape index (κ2) is 4.21. The summed E-state index contributed by atoms with van der Waals surface area (Å²) in [6, 6.07) is 7.72. The predicted molar refractivity (Wildman–Crippen MR) is 54.8 cm³/mol. The predicted octanol–water partition coefficient (Wildman–Crippen LogP) is 1.87. The molecule has 1 aromatic rings. The van der Waals surface area contributed by atoms with Crippen molar-refractivity contribution in [3.63, 3.8) is 0 Å². The molecule has 1 fully saturated rings. The molecule has 0 saturated carbocycles. The minimum absolute atomic E-state index is 0.0290. The fraction of sp³-hybridized carbons (Fsp3) is 0.364. The number of amides is 1. The maximum Gasteiger partial charge on any atom is 0.407 e. The first-order valence-electron chi connectivity index (χ1n) is 4.87. The van der Waals surface area contributed by atoms with E-state index in [9.17, 15) is 4.79 Å². The van der Waals surface area contributed by atoms with E-state index >= 15 is 0 Å². The SMILES string of the molecule is COc1cccc(C2CCOC(=O)N2)c1. The van der Waals surface area contributed by atoms with Crippen molar-refractivity contribution in [3.8, 4) is 5.75 Å². The van der Waals surface area contributed by atoms with Gasteiger partial charge in [0.1, 0.15) is 5.75 Å². The standard InChI is InChI=1S/C11H13NO3/c1-14-9-4-2-3-8(7-9)10-5-6-15-11(13)12-10/h2-4,7,10H,5-6H2,1H3,(H,12,13). The first-order valence-corrected chi connectivity index (χ1v) is 4.87. The van der Waals surface area contributed by atoms with Gasteiger partial charge < -0.3 is 14.8 Å². The summed E-state index contributed by atoms with van der Waals surface area (Å²) in [6.45, 7) is 0.466. The molecule has 1 amide bonds. The van der Waals surface area contributed by atoms with E-state index < -0.39 is 0 Å². The van der Waals surface area contributed by atoms with E-state index in [-0.39, 0.29) is 12.1 Å². The maximum atomic E-state index is 11.0. The van der Waals surface area contributed by atoms with E-state index in [0.717, 1.165) is 17.7 Å². The van der Waals surface area contributed by atoms with Gasteiger partial charge in [-0.1, -0.05) is 12.1 Å². The third-order valence-electron chi connectivity index (χ3n) is 2.43. The van der Waals surface area contributed by atoms with Gasteiger partial charge in [-0.05, 0) is 17.7 Å². The molecule has 0 bridgehead atoms. The molecule has 1 aliphatic heterocycles. The van der Waals surface area contributed by atoms with Crippen LogP contribution in [-0.4, -0.2) is 19.8 Å². The lowest BCUT2D eigenvalue weighted by Gasteiger charge is -2.23. The average Bonchev–Trinajstić information content (AvgIpc) is 2.29. The third-order valence-corrected chi connectivity index (χ3v) is 2.43. The molecule has 0 radical (unpaired) electrons. The summed E-state index contributed by atoms with van der Waals surface area (Å²) in [5.74, 6) is 0.799. The molecule has 1 N–H and O–H groups in total. The van der Waals surface area contributed by atoms with Crippen molar-refractivity contribution in [2.24, 2.45) is 0 Å². The molecule has 0 aliphatic carbocycles. The monoisotopic (exact) mass is 207 g/mol. The Balaban J connectivity index is 2.17. The van der Waals surface area contributed by atoms with E-state index in [0.29, 0.717) is 6.61 Å². The molecule has 1 saturated heterocycles. The molecule has 1 atom stereocenters. The number of benzene rings is 1. The van der Waals surface area contributed by atoms with Crippen molar-refractivity contribution < 1.29 is 14.3 Å². The molecule has 15 heavy (non-hydrogen) atoms. The molecule has 2 rings (SSSR count). The van der Waals surface area contributed by atoms with Crippen LogP contribution in [0, 0.1) is 0 Å². The Labute approximate surface area is 88.2 Å². The quantitative estimate of drug-likeness (QED) is 0.805. The van der Waals surface area contributed by atoms with Gasteiger partial charge in [-0.2, -0.15) is 0 Å². The Bertz CT molecular complexity index is 365. The molecule has 1 aliphatic rings. The summed E-state index contributed by atoms with van der Waals surface area (Å²) < 4.78 is 9.93. The van der Waals surface area contributed by atoms with Gasteiger partial charge in [0, 0.05) is 6.42 Å². The van der Waals surface area contributed by atoms with Crippen LogP contribution in [0.4, 0.5) is 4.79 Å². The van der Waals surface area contributed by atoms with E-state index in [1.54, 1.807) is 7.11 Å². The van der Waals surface area contributed by atoms with Crippen LogP contribution in [0.5, 0.6) is 5.75 Å². The highest BCUT2D eigenvalue weighted by Crippen LogP contribution is 2.23. The zero-order valence-electron chi connectivity index (χ0n) is 8.53. The van der Waals surface area contributed by atoms with Crippen LogP contribution in [0.1, 0.15) is 18.0 Å². The van der Waals surface area contributed by atoms with Crippen LogP contribution in [0.3, 0.4) is 0 Å². The highest BCUT2D eigenvalue weighted by atomic mass is 16.5. The zero-order valence-corrected chi connectivity index (χ0v) is 8.53. The van der Waals surface area contributed by atoms with Crippen LogP contribution in [0.2, 0.25) is 0 Å². The van der Waals surface area contributed by atoms with Crippen molar-refractivity contribution in [3.05, 3.63) is 29.8 Å². The summed E-state index contributed by atoms with van der Waals surface area (Å²) in [5.41, 5.74) is 1.05. The Hall–Kier alpha value is -1.71. The number of cyclic esters (lactones) is 1. The number of alkyl carbamates (subject to hydrolysis) is 1. The van der Waals surface area contributed by atoms with Crippen molar-refractivity contribution >= 4 is 6.09 Å². The van der Waals surface area contributed by atoms with Gasteiger partial charge in [0.05, 0.1) is 19.8 Å². The molecule has 0 aromatic heterocycles. The summed E-state index contributed by atoms with van der Waals surface area (Å²) in [5, 5.41) is 2.77. The summed E-state index contributed by atoms with van der Waals surface area (Å²) in [4.78, 5) is 11.0. The van der Waals surface area contributed by atoms with E-state index in [4.69, 9.17) is 9.47 Å². The van der Waals surface area contributed by atoms with Gasteiger partial charge >= 0.3 is 6.09 Å². The van der Waals surface area contributed by atoms with Crippen LogP contribution in [0.15, 0.2) is 24.3 Å². The summed E-state index contributed by atoms with van der Waals surface area (Å²) in [7, 11) is 1.63. The lowest BCUT2D eigenvalue weighted by atomic mass is 10.0. The number of hydrogen-bond acceptors (Lipinski definition) is 3. The number of hydrogen-bond donors (Lipinski definition) is 1. The minimum Gasteiger partial charge on any atom is -0.497 e. The lowest BCUT2D eigenvalue weighted by molar-refractivity contribution is 0.115. The zero-order chi connectivity index (χ0) is 10.7. The van der Waals surface area contributed by atoms with E-state index in [1.165, 1.54) is 0 Å². The number of ether oxygens (including phenoxy) is 2. The fourth-order valence-corrected chi connectivity index (χ4v) is 1.63.